The molecule has 1 heterocycles. The molecule has 4 nitrogen and oxygen atoms in total. The summed E-state index contributed by atoms with van der Waals surface area (Å²) in [4.78, 5) is 12.0. The van der Waals surface area contributed by atoms with Crippen molar-refractivity contribution in [2.45, 2.75) is 6.92 Å². The molecule has 2 N–H and O–H groups in total. The van der Waals surface area contributed by atoms with E-state index in [2.05, 4.69) is 28.8 Å². The molecule has 1 amide bonds. The van der Waals surface area contributed by atoms with E-state index in [0.29, 0.717) is 19.1 Å². The molecule has 116 valence electrons. The Balaban J connectivity index is 1.49. The molecule has 1 aliphatic rings. The van der Waals surface area contributed by atoms with Gasteiger partial charge in [-0.3, -0.25) is 4.79 Å². The van der Waals surface area contributed by atoms with Gasteiger partial charge in [0.2, 0.25) is 5.91 Å². The Labute approximate surface area is 130 Å². The van der Waals surface area contributed by atoms with E-state index in [0.717, 1.165) is 29.6 Å². The summed E-state index contributed by atoms with van der Waals surface area (Å²) in [7, 11) is 0. The molecule has 0 spiro atoms. The van der Waals surface area contributed by atoms with Gasteiger partial charge in [-0.15, -0.1) is 0 Å². The number of rotatable bonds is 6. The fourth-order valence-electron chi connectivity index (χ4n) is 2.70. The minimum Gasteiger partial charge on any atom is -0.491 e. The van der Waals surface area contributed by atoms with Crippen molar-refractivity contribution < 1.29 is 9.53 Å². The molecular weight excluding hydrogens is 276 g/mol. The van der Waals surface area contributed by atoms with Crippen LogP contribution in [0.3, 0.4) is 0 Å². The molecule has 1 atom stereocenters. The molecule has 1 unspecified atom stereocenters. The fourth-order valence-corrected chi connectivity index (χ4v) is 2.70. The van der Waals surface area contributed by atoms with Crippen molar-refractivity contribution in [2.24, 2.45) is 11.8 Å². The van der Waals surface area contributed by atoms with Crippen molar-refractivity contribution >= 4 is 16.7 Å². The number of amides is 1. The van der Waals surface area contributed by atoms with Crippen LogP contribution in [0.15, 0.2) is 42.5 Å². The maximum absolute atomic E-state index is 12.0. The second-order valence-corrected chi connectivity index (χ2v) is 5.82. The Morgan fingerprint density at radius 3 is 2.82 bits per heavy atom. The lowest BCUT2D eigenvalue weighted by Gasteiger charge is -2.31. The topological polar surface area (TPSA) is 50.4 Å². The van der Waals surface area contributed by atoms with E-state index in [9.17, 15) is 4.79 Å². The first kappa shape index (κ1) is 14.9. The second kappa shape index (κ2) is 6.79. The number of ether oxygens (including phenoxy) is 1. The molecule has 1 saturated heterocycles. The molecule has 1 aliphatic heterocycles. The lowest BCUT2D eigenvalue weighted by atomic mass is 9.88. The van der Waals surface area contributed by atoms with Crippen molar-refractivity contribution in [3.8, 4) is 5.75 Å². The standard InChI is InChI=1S/C18H22N2O2/c1-13(15-11-19-12-15)18(21)20-9-10-22-17-8-4-6-14-5-2-3-7-16(14)17/h2-8,13,15,19H,9-12H2,1H3,(H,20,21). The first-order chi connectivity index (χ1) is 10.8. The Bertz CT molecular complexity index is 647. The third kappa shape index (κ3) is 3.22. The molecule has 0 saturated carbocycles. The first-order valence-electron chi connectivity index (χ1n) is 7.84. The van der Waals surface area contributed by atoms with Gasteiger partial charge in [0.15, 0.2) is 0 Å². The van der Waals surface area contributed by atoms with Crippen molar-refractivity contribution in [1.29, 1.82) is 0 Å². The minimum atomic E-state index is 0.0683. The molecule has 2 aromatic rings. The summed E-state index contributed by atoms with van der Waals surface area (Å²) in [6.07, 6.45) is 0. The van der Waals surface area contributed by atoms with Crippen molar-refractivity contribution in [3.63, 3.8) is 0 Å². The highest BCUT2D eigenvalue weighted by atomic mass is 16.5. The summed E-state index contributed by atoms with van der Waals surface area (Å²) in [6, 6.07) is 14.2. The molecule has 0 aliphatic carbocycles. The van der Waals surface area contributed by atoms with Gasteiger partial charge < -0.3 is 15.4 Å². The summed E-state index contributed by atoms with van der Waals surface area (Å²) < 4.78 is 5.82. The Morgan fingerprint density at radius 2 is 2.05 bits per heavy atom. The van der Waals surface area contributed by atoms with Gasteiger partial charge in [0, 0.05) is 11.3 Å². The quantitative estimate of drug-likeness (QED) is 0.804. The van der Waals surface area contributed by atoms with Crippen LogP contribution >= 0.6 is 0 Å². The first-order valence-corrected chi connectivity index (χ1v) is 7.84. The van der Waals surface area contributed by atoms with Crippen LogP contribution in [0.2, 0.25) is 0 Å². The molecule has 4 heteroatoms. The lowest BCUT2D eigenvalue weighted by Crippen LogP contribution is -2.49. The van der Waals surface area contributed by atoms with Gasteiger partial charge in [0.1, 0.15) is 12.4 Å². The molecule has 0 aromatic heterocycles. The van der Waals surface area contributed by atoms with Crippen LogP contribution in [0.4, 0.5) is 0 Å². The number of hydrogen-bond acceptors (Lipinski definition) is 3. The van der Waals surface area contributed by atoms with Crippen LogP contribution in [0.1, 0.15) is 6.92 Å². The highest BCUT2D eigenvalue weighted by molar-refractivity contribution is 5.88. The van der Waals surface area contributed by atoms with Gasteiger partial charge in [-0.1, -0.05) is 43.3 Å². The largest absolute Gasteiger partial charge is 0.491 e. The zero-order valence-corrected chi connectivity index (χ0v) is 12.8. The van der Waals surface area contributed by atoms with E-state index in [1.807, 2.05) is 31.2 Å². The van der Waals surface area contributed by atoms with Crippen LogP contribution in [-0.4, -0.2) is 32.1 Å². The van der Waals surface area contributed by atoms with E-state index >= 15 is 0 Å². The number of hydrogen-bond donors (Lipinski definition) is 2. The number of benzene rings is 2. The maximum Gasteiger partial charge on any atom is 0.223 e. The van der Waals surface area contributed by atoms with Crippen molar-refractivity contribution in [3.05, 3.63) is 42.5 Å². The third-order valence-electron chi connectivity index (χ3n) is 4.34. The highest BCUT2D eigenvalue weighted by Crippen LogP contribution is 2.24. The Kier molecular flexibility index (Phi) is 4.59. The molecule has 3 rings (SSSR count). The van der Waals surface area contributed by atoms with Gasteiger partial charge in [-0.2, -0.15) is 0 Å². The Morgan fingerprint density at radius 1 is 1.27 bits per heavy atom. The average Bonchev–Trinajstić information content (AvgIpc) is 2.49. The molecule has 0 bridgehead atoms. The van der Waals surface area contributed by atoms with Crippen LogP contribution in [0.5, 0.6) is 5.75 Å². The van der Waals surface area contributed by atoms with E-state index in [1.165, 1.54) is 0 Å². The predicted molar refractivity (Wildman–Crippen MR) is 88.0 cm³/mol. The van der Waals surface area contributed by atoms with Crippen LogP contribution in [0.25, 0.3) is 10.8 Å². The second-order valence-electron chi connectivity index (χ2n) is 5.82. The van der Waals surface area contributed by atoms with E-state index in [-0.39, 0.29) is 11.8 Å². The zero-order valence-electron chi connectivity index (χ0n) is 12.8. The highest BCUT2D eigenvalue weighted by Gasteiger charge is 2.28. The smallest absolute Gasteiger partial charge is 0.223 e. The number of fused-ring (bicyclic) bond motifs is 1. The van der Waals surface area contributed by atoms with Crippen LogP contribution in [-0.2, 0) is 4.79 Å². The SMILES string of the molecule is CC(C(=O)NCCOc1cccc2ccccc12)C1CNC1. The normalized spacial score (nSPS) is 16.0. The molecule has 2 aromatic carbocycles. The monoisotopic (exact) mass is 298 g/mol. The predicted octanol–water partition coefficient (Wildman–Crippen LogP) is 2.19. The van der Waals surface area contributed by atoms with Gasteiger partial charge in [-0.05, 0) is 30.5 Å². The van der Waals surface area contributed by atoms with Crippen molar-refractivity contribution in [2.75, 3.05) is 26.2 Å². The summed E-state index contributed by atoms with van der Waals surface area (Å²) in [5.74, 6) is 1.52. The summed E-state index contributed by atoms with van der Waals surface area (Å²) in [5, 5.41) is 8.42. The van der Waals surface area contributed by atoms with E-state index in [1.54, 1.807) is 0 Å². The Hall–Kier alpha value is -2.07. The summed E-state index contributed by atoms with van der Waals surface area (Å²) in [5.41, 5.74) is 0. The molecule has 1 fully saturated rings. The summed E-state index contributed by atoms with van der Waals surface area (Å²) >= 11 is 0. The average molecular weight is 298 g/mol. The molecule has 0 radical (unpaired) electrons. The van der Waals surface area contributed by atoms with Gasteiger partial charge in [0.05, 0.1) is 6.54 Å². The third-order valence-corrected chi connectivity index (χ3v) is 4.34. The van der Waals surface area contributed by atoms with Gasteiger partial charge >= 0.3 is 0 Å². The molecule has 22 heavy (non-hydrogen) atoms. The molecular formula is C18H22N2O2. The summed E-state index contributed by atoms with van der Waals surface area (Å²) in [6.45, 7) is 4.90. The lowest BCUT2D eigenvalue weighted by molar-refractivity contribution is -0.126. The van der Waals surface area contributed by atoms with Gasteiger partial charge in [-0.25, -0.2) is 0 Å². The van der Waals surface area contributed by atoms with Crippen LogP contribution < -0.4 is 15.4 Å². The van der Waals surface area contributed by atoms with E-state index < -0.39 is 0 Å². The number of carbonyl (C=O) groups is 1. The van der Waals surface area contributed by atoms with Crippen LogP contribution in [0, 0.1) is 11.8 Å². The van der Waals surface area contributed by atoms with E-state index in [4.69, 9.17) is 4.74 Å². The minimum absolute atomic E-state index is 0.0683. The van der Waals surface area contributed by atoms with Crippen molar-refractivity contribution in [1.82, 2.24) is 10.6 Å². The number of nitrogens with one attached hydrogen (secondary N) is 2. The van der Waals surface area contributed by atoms with Gasteiger partial charge in [0.25, 0.3) is 0 Å². The fraction of sp³-hybridized carbons (Fsp3) is 0.389. The maximum atomic E-state index is 12.0. The number of carbonyl (C=O) groups excluding carboxylic acids is 1. The zero-order chi connectivity index (χ0) is 15.4.